The number of nitrogens with one attached hydrogen (secondary N) is 1. The zero-order chi connectivity index (χ0) is 25.3. The minimum absolute atomic E-state index is 0.00292. The third-order valence-corrected chi connectivity index (χ3v) is 6.69. The van der Waals surface area contributed by atoms with Crippen LogP contribution in [0.15, 0.2) is 48.8 Å². The highest BCUT2D eigenvalue weighted by Gasteiger charge is 2.47. The van der Waals surface area contributed by atoms with Gasteiger partial charge in [0.2, 0.25) is 0 Å². The molecule has 2 heterocycles. The van der Waals surface area contributed by atoms with Crippen LogP contribution in [0.5, 0.6) is 0 Å². The van der Waals surface area contributed by atoms with Crippen LogP contribution in [0.4, 0.5) is 24.5 Å². The molecule has 1 amide bonds. The van der Waals surface area contributed by atoms with Gasteiger partial charge in [-0.1, -0.05) is 13.0 Å². The standard InChI is InChI=1S/C25H25F3N4O3/c1-13-9-14(10-21(33)25(13,35)12-26)15-7-8-30-11-20(15)32-24(34)23-18(29)5-6-19(31-23)22-16(27)3-2-4-17(22)28/h2-8,11,13-14,21,33,35H,9-10,12,29H2,1H3,(H,32,34)/t13-,14+,21+,25+/m0/s1. The zero-order valence-corrected chi connectivity index (χ0v) is 18.9. The number of aromatic nitrogens is 2. The Bertz CT molecular complexity index is 1220. The largest absolute Gasteiger partial charge is 0.397 e. The van der Waals surface area contributed by atoms with Gasteiger partial charge in [0.25, 0.3) is 5.91 Å². The Balaban J connectivity index is 1.63. The summed E-state index contributed by atoms with van der Waals surface area (Å²) >= 11 is 0. The molecule has 35 heavy (non-hydrogen) atoms. The molecule has 5 N–H and O–H groups in total. The topological polar surface area (TPSA) is 121 Å². The van der Waals surface area contributed by atoms with Crippen LogP contribution in [0.2, 0.25) is 0 Å². The molecule has 4 atom stereocenters. The van der Waals surface area contributed by atoms with Crippen molar-refractivity contribution in [2.24, 2.45) is 5.92 Å². The fourth-order valence-corrected chi connectivity index (χ4v) is 4.58. The minimum atomic E-state index is -1.83. The van der Waals surface area contributed by atoms with Crippen LogP contribution in [0.3, 0.4) is 0 Å². The Morgan fingerprint density at radius 2 is 1.91 bits per heavy atom. The van der Waals surface area contributed by atoms with Crippen molar-refractivity contribution in [2.75, 3.05) is 17.7 Å². The number of hydrogen-bond acceptors (Lipinski definition) is 6. The van der Waals surface area contributed by atoms with Crippen LogP contribution in [0.1, 0.15) is 41.7 Å². The molecule has 2 aromatic heterocycles. The van der Waals surface area contributed by atoms with Crippen LogP contribution < -0.4 is 11.1 Å². The second kappa shape index (κ2) is 9.63. The number of carbonyl (C=O) groups excluding carboxylic acids is 1. The first kappa shape index (κ1) is 24.6. The highest BCUT2D eigenvalue weighted by molar-refractivity contribution is 6.06. The van der Waals surface area contributed by atoms with E-state index in [2.05, 4.69) is 15.3 Å². The fraction of sp³-hybridized carbons (Fsp3) is 0.320. The van der Waals surface area contributed by atoms with Gasteiger partial charge >= 0.3 is 0 Å². The molecule has 0 aliphatic heterocycles. The molecule has 1 saturated carbocycles. The van der Waals surface area contributed by atoms with Crippen molar-refractivity contribution in [1.82, 2.24) is 9.97 Å². The van der Waals surface area contributed by atoms with Crippen molar-refractivity contribution in [1.29, 1.82) is 0 Å². The number of rotatable bonds is 5. The van der Waals surface area contributed by atoms with Crippen molar-refractivity contribution in [3.63, 3.8) is 0 Å². The van der Waals surface area contributed by atoms with Gasteiger partial charge in [-0.2, -0.15) is 0 Å². The number of nitrogens with two attached hydrogens (primary N) is 1. The van der Waals surface area contributed by atoms with Crippen LogP contribution in [0.25, 0.3) is 11.3 Å². The number of alkyl halides is 1. The smallest absolute Gasteiger partial charge is 0.276 e. The minimum Gasteiger partial charge on any atom is -0.397 e. The number of aliphatic hydroxyl groups is 2. The molecule has 0 saturated heterocycles. The molecule has 3 aromatic rings. The molecule has 1 aromatic carbocycles. The number of halogens is 3. The first-order chi connectivity index (χ1) is 16.7. The molecule has 1 aliphatic rings. The van der Waals surface area contributed by atoms with Gasteiger partial charge in [0.05, 0.1) is 34.9 Å². The molecule has 0 spiro atoms. The maximum absolute atomic E-state index is 14.2. The highest BCUT2D eigenvalue weighted by Crippen LogP contribution is 2.44. The summed E-state index contributed by atoms with van der Waals surface area (Å²) in [6, 6.07) is 7.72. The summed E-state index contributed by atoms with van der Waals surface area (Å²) in [5, 5.41) is 23.6. The van der Waals surface area contributed by atoms with Gasteiger partial charge in [0, 0.05) is 6.20 Å². The van der Waals surface area contributed by atoms with Gasteiger partial charge in [0.1, 0.15) is 23.9 Å². The molecule has 10 heteroatoms. The summed E-state index contributed by atoms with van der Waals surface area (Å²) in [7, 11) is 0. The predicted octanol–water partition coefficient (Wildman–Crippen LogP) is 3.83. The van der Waals surface area contributed by atoms with Crippen molar-refractivity contribution in [3.8, 4) is 11.3 Å². The number of anilines is 2. The van der Waals surface area contributed by atoms with E-state index in [1.165, 1.54) is 30.6 Å². The zero-order valence-electron chi connectivity index (χ0n) is 18.9. The monoisotopic (exact) mass is 486 g/mol. The molecular weight excluding hydrogens is 461 g/mol. The summed E-state index contributed by atoms with van der Waals surface area (Å²) in [4.78, 5) is 21.2. The number of pyridine rings is 2. The molecule has 1 fully saturated rings. The Hall–Kier alpha value is -3.50. The molecular formula is C25H25F3N4O3. The molecule has 0 bridgehead atoms. The van der Waals surface area contributed by atoms with Crippen molar-refractivity contribution < 1.29 is 28.2 Å². The van der Waals surface area contributed by atoms with Crippen molar-refractivity contribution >= 4 is 17.3 Å². The lowest BCUT2D eigenvalue weighted by Crippen LogP contribution is -2.53. The predicted molar refractivity (Wildman–Crippen MR) is 124 cm³/mol. The van der Waals surface area contributed by atoms with E-state index in [1.807, 2.05) is 0 Å². The van der Waals surface area contributed by atoms with Gasteiger partial charge < -0.3 is 21.3 Å². The van der Waals surface area contributed by atoms with Gasteiger partial charge in [-0.25, -0.2) is 18.2 Å². The van der Waals surface area contributed by atoms with Gasteiger partial charge in [0.15, 0.2) is 5.69 Å². The normalized spacial score (nSPS) is 24.2. The van der Waals surface area contributed by atoms with Gasteiger partial charge in [-0.3, -0.25) is 9.78 Å². The van der Waals surface area contributed by atoms with E-state index in [9.17, 15) is 28.2 Å². The van der Waals surface area contributed by atoms with Crippen molar-refractivity contribution in [3.05, 3.63) is 71.7 Å². The Labute approximate surface area is 199 Å². The van der Waals surface area contributed by atoms with E-state index < -0.39 is 41.8 Å². The maximum atomic E-state index is 14.2. The number of nitrogen functional groups attached to an aromatic ring is 1. The average molecular weight is 486 g/mol. The molecule has 184 valence electrons. The first-order valence-corrected chi connectivity index (χ1v) is 11.1. The first-order valence-electron chi connectivity index (χ1n) is 11.1. The third-order valence-electron chi connectivity index (χ3n) is 6.69. The van der Waals surface area contributed by atoms with E-state index >= 15 is 0 Å². The van der Waals surface area contributed by atoms with E-state index in [-0.39, 0.29) is 35.0 Å². The Kier molecular flexibility index (Phi) is 6.77. The van der Waals surface area contributed by atoms with Crippen LogP contribution in [-0.2, 0) is 0 Å². The summed E-state index contributed by atoms with van der Waals surface area (Å²) in [5.74, 6) is -3.22. The van der Waals surface area contributed by atoms with Crippen LogP contribution in [0, 0.1) is 17.6 Å². The number of benzene rings is 1. The molecule has 4 rings (SSSR count). The summed E-state index contributed by atoms with van der Waals surface area (Å²) in [6.07, 6.45) is 2.10. The van der Waals surface area contributed by atoms with Crippen LogP contribution in [-0.4, -0.2) is 44.5 Å². The average Bonchev–Trinajstić information content (AvgIpc) is 2.83. The number of nitrogens with zero attached hydrogens (tertiary/aromatic N) is 2. The summed E-state index contributed by atoms with van der Waals surface area (Å²) in [6.45, 7) is 0.595. The van der Waals surface area contributed by atoms with E-state index in [1.54, 1.807) is 13.0 Å². The lowest BCUT2D eigenvalue weighted by Gasteiger charge is -2.43. The summed E-state index contributed by atoms with van der Waals surface area (Å²) in [5.41, 5.74) is 4.36. The Morgan fingerprint density at radius 1 is 1.20 bits per heavy atom. The number of hydrogen-bond donors (Lipinski definition) is 4. The lowest BCUT2D eigenvalue weighted by molar-refractivity contribution is -0.146. The highest BCUT2D eigenvalue weighted by atomic mass is 19.1. The quantitative estimate of drug-likeness (QED) is 0.435. The number of aliphatic hydroxyl groups excluding tert-OH is 1. The SMILES string of the molecule is C[C@H]1C[C@@H](c2ccncc2NC(=O)c2nc(-c3c(F)cccc3F)ccc2N)C[C@@H](O)[C@@]1(O)CF. The van der Waals surface area contributed by atoms with E-state index in [0.29, 0.717) is 17.7 Å². The molecule has 1 aliphatic carbocycles. The Morgan fingerprint density at radius 3 is 2.57 bits per heavy atom. The van der Waals surface area contributed by atoms with Gasteiger partial charge in [-0.15, -0.1) is 0 Å². The van der Waals surface area contributed by atoms with E-state index in [4.69, 9.17) is 5.73 Å². The number of carbonyl (C=O) groups is 1. The van der Waals surface area contributed by atoms with Gasteiger partial charge in [-0.05, 0) is 60.6 Å². The fourth-order valence-electron chi connectivity index (χ4n) is 4.58. The molecule has 0 unspecified atom stereocenters. The van der Waals surface area contributed by atoms with E-state index in [0.717, 1.165) is 12.1 Å². The third kappa shape index (κ3) is 4.59. The second-order valence-electron chi connectivity index (χ2n) is 8.86. The molecule has 7 nitrogen and oxygen atoms in total. The van der Waals surface area contributed by atoms with Crippen LogP contribution >= 0.6 is 0 Å². The maximum Gasteiger partial charge on any atom is 0.276 e. The summed E-state index contributed by atoms with van der Waals surface area (Å²) < 4.78 is 41.9. The van der Waals surface area contributed by atoms with Crippen molar-refractivity contribution in [2.45, 2.75) is 37.4 Å². The second-order valence-corrected chi connectivity index (χ2v) is 8.86. The molecule has 0 radical (unpaired) electrons. The lowest BCUT2D eigenvalue weighted by atomic mass is 9.68. The number of amides is 1.